The lowest BCUT2D eigenvalue weighted by Gasteiger charge is -2.49. The molecule has 0 bridgehead atoms. The van der Waals surface area contributed by atoms with Crippen LogP contribution in [0.3, 0.4) is 0 Å². The SMILES string of the molecule is CC1CCC(N(C2CCC(C)CC2)C2CCC(/C=C/C3CCC(C4CCCCC4)CC3)CC2)CC1. The van der Waals surface area contributed by atoms with Gasteiger partial charge < -0.3 is 0 Å². The van der Waals surface area contributed by atoms with Gasteiger partial charge in [-0.15, -0.1) is 0 Å². The van der Waals surface area contributed by atoms with Gasteiger partial charge in [0.25, 0.3) is 0 Å². The van der Waals surface area contributed by atoms with Crippen LogP contribution in [0.15, 0.2) is 12.2 Å². The van der Waals surface area contributed by atoms with Crippen molar-refractivity contribution in [2.24, 2.45) is 35.5 Å². The van der Waals surface area contributed by atoms with Crippen LogP contribution < -0.4 is 0 Å². The molecule has 5 aliphatic rings. The maximum atomic E-state index is 3.16. The molecule has 0 aromatic heterocycles. The molecule has 5 fully saturated rings. The first-order valence-corrected chi connectivity index (χ1v) is 16.6. The standard InChI is InChI=1S/C34H59N/c1-26-8-20-32(21-9-26)35(33-22-10-27(2)11-23-33)34-24-16-29(17-25-34)13-12-28-14-18-31(19-15-28)30-6-4-3-5-7-30/h12-13,26-34H,3-11,14-25H2,1-2H3/b13-12+. The first-order valence-electron chi connectivity index (χ1n) is 16.6. The van der Waals surface area contributed by atoms with Crippen molar-refractivity contribution in [1.82, 2.24) is 4.90 Å². The Morgan fingerprint density at radius 2 is 0.771 bits per heavy atom. The van der Waals surface area contributed by atoms with Crippen molar-refractivity contribution >= 4 is 0 Å². The summed E-state index contributed by atoms with van der Waals surface area (Å²) in [5.41, 5.74) is 0. The summed E-state index contributed by atoms with van der Waals surface area (Å²) in [5.74, 6) is 5.88. The van der Waals surface area contributed by atoms with Gasteiger partial charge in [-0.1, -0.05) is 58.1 Å². The fourth-order valence-corrected chi connectivity index (χ4v) is 9.30. The second-order valence-corrected chi connectivity index (χ2v) is 14.3. The van der Waals surface area contributed by atoms with E-state index in [2.05, 4.69) is 30.9 Å². The lowest BCUT2D eigenvalue weighted by Crippen LogP contribution is -2.52. The molecule has 0 atom stereocenters. The molecule has 0 aromatic carbocycles. The van der Waals surface area contributed by atoms with E-state index in [0.717, 1.165) is 53.6 Å². The Bertz CT molecular complexity index is 593. The summed E-state index contributed by atoms with van der Waals surface area (Å²) < 4.78 is 0. The van der Waals surface area contributed by atoms with E-state index in [9.17, 15) is 0 Å². The van der Waals surface area contributed by atoms with Gasteiger partial charge in [-0.3, -0.25) is 4.90 Å². The molecule has 0 radical (unpaired) electrons. The third kappa shape index (κ3) is 7.18. The highest BCUT2D eigenvalue weighted by molar-refractivity contribution is 4.99. The van der Waals surface area contributed by atoms with Crippen LogP contribution in [0, 0.1) is 35.5 Å². The van der Waals surface area contributed by atoms with E-state index in [1.807, 2.05) is 0 Å². The monoisotopic (exact) mass is 481 g/mol. The molecule has 200 valence electrons. The molecule has 5 rings (SSSR count). The van der Waals surface area contributed by atoms with Crippen LogP contribution in [0.2, 0.25) is 0 Å². The zero-order chi connectivity index (χ0) is 24.0. The Kier molecular flexibility index (Phi) is 9.75. The molecule has 0 saturated heterocycles. The lowest BCUT2D eigenvalue weighted by molar-refractivity contribution is 0.00813. The van der Waals surface area contributed by atoms with Crippen LogP contribution >= 0.6 is 0 Å². The zero-order valence-electron chi connectivity index (χ0n) is 23.6. The Morgan fingerprint density at radius 1 is 0.400 bits per heavy atom. The van der Waals surface area contributed by atoms with Crippen LogP contribution in [0.5, 0.6) is 0 Å². The van der Waals surface area contributed by atoms with E-state index < -0.39 is 0 Å². The van der Waals surface area contributed by atoms with Crippen LogP contribution in [0.4, 0.5) is 0 Å². The molecule has 0 aliphatic heterocycles. The largest absolute Gasteiger partial charge is 0.294 e. The van der Waals surface area contributed by atoms with E-state index >= 15 is 0 Å². The van der Waals surface area contributed by atoms with Crippen molar-refractivity contribution < 1.29 is 0 Å². The maximum absolute atomic E-state index is 3.16. The van der Waals surface area contributed by atoms with E-state index in [0.29, 0.717) is 0 Å². The van der Waals surface area contributed by atoms with Crippen LogP contribution in [0.25, 0.3) is 0 Å². The molecule has 5 saturated carbocycles. The van der Waals surface area contributed by atoms with Gasteiger partial charge >= 0.3 is 0 Å². The van der Waals surface area contributed by atoms with Crippen LogP contribution in [0.1, 0.15) is 149 Å². The third-order valence-electron chi connectivity index (χ3n) is 11.8. The van der Waals surface area contributed by atoms with E-state index in [-0.39, 0.29) is 0 Å². The normalized spacial score (nSPS) is 42.5. The summed E-state index contributed by atoms with van der Waals surface area (Å²) in [7, 11) is 0. The van der Waals surface area contributed by atoms with E-state index in [1.54, 1.807) is 12.8 Å². The molecule has 0 N–H and O–H groups in total. The lowest BCUT2D eigenvalue weighted by atomic mass is 9.71. The molecule has 0 unspecified atom stereocenters. The Hall–Kier alpha value is -0.300. The van der Waals surface area contributed by atoms with Crippen molar-refractivity contribution in [2.75, 3.05) is 0 Å². The van der Waals surface area contributed by atoms with Crippen molar-refractivity contribution in [2.45, 2.75) is 167 Å². The van der Waals surface area contributed by atoms with Gasteiger partial charge in [0.1, 0.15) is 0 Å². The minimum Gasteiger partial charge on any atom is -0.294 e. The van der Waals surface area contributed by atoms with Crippen LogP contribution in [-0.4, -0.2) is 23.0 Å². The number of rotatable bonds is 6. The predicted molar refractivity (Wildman–Crippen MR) is 152 cm³/mol. The number of allylic oxidation sites excluding steroid dienone is 2. The quantitative estimate of drug-likeness (QED) is 0.341. The van der Waals surface area contributed by atoms with Crippen LogP contribution in [-0.2, 0) is 0 Å². The number of hydrogen-bond donors (Lipinski definition) is 0. The van der Waals surface area contributed by atoms with Gasteiger partial charge in [0.05, 0.1) is 0 Å². The van der Waals surface area contributed by atoms with E-state index in [4.69, 9.17) is 0 Å². The highest BCUT2D eigenvalue weighted by Gasteiger charge is 2.37. The van der Waals surface area contributed by atoms with Gasteiger partial charge in [0.2, 0.25) is 0 Å². The Morgan fingerprint density at radius 3 is 1.23 bits per heavy atom. The minimum absolute atomic E-state index is 0.877. The molecule has 1 nitrogen and oxygen atoms in total. The Labute approximate surface area is 219 Å². The molecule has 5 aliphatic carbocycles. The zero-order valence-corrected chi connectivity index (χ0v) is 23.6. The summed E-state index contributed by atoms with van der Waals surface area (Å²) in [6.45, 7) is 4.98. The summed E-state index contributed by atoms with van der Waals surface area (Å²) >= 11 is 0. The van der Waals surface area contributed by atoms with Gasteiger partial charge in [-0.25, -0.2) is 0 Å². The highest BCUT2D eigenvalue weighted by Crippen LogP contribution is 2.42. The Balaban J connectivity index is 1.09. The molecular formula is C34H59N. The molecule has 0 spiro atoms. The summed E-state index contributed by atoms with van der Waals surface area (Å²) in [6, 6.07) is 2.70. The molecule has 0 aromatic rings. The number of hydrogen-bond acceptors (Lipinski definition) is 1. The average molecular weight is 482 g/mol. The summed E-state index contributed by atoms with van der Waals surface area (Å²) in [4.78, 5) is 3.16. The van der Waals surface area contributed by atoms with Gasteiger partial charge in [-0.05, 0) is 138 Å². The summed E-state index contributed by atoms with van der Waals surface area (Å²) in [5, 5.41) is 0. The molecule has 0 amide bonds. The first kappa shape index (κ1) is 26.3. The topological polar surface area (TPSA) is 3.24 Å². The highest BCUT2D eigenvalue weighted by atomic mass is 15.2. The van der Waals surface area contributed by atoms with Crippen molar-refractivity contribution in [3.05, 3.63) is 12.2 Å². The minimum atomic E-state index is 0.877. The number of nitrogens with zero attached hydrogens (tertiary/aromatic N) is 1. The fourth-order valence-electron chi connectivity index (χ4n) is 9.30. The second kappa shape index (κ2) is 13.0. The average Bonchev–Trinajstić information content (AvgIpc) is 2.91. The van der Waals surface area contributed by atoms with Gasteiger partial charge in [0, 0.05) is 18.1 Å². The van der Waals surface area contributed by atoms with Gasteiger partial charge in [0.15, 0.2) is 0 Å². The second-order valence-electron chi connectivity index (χ2n) is 14.3. The summed E-state index contributed by atoms with van der Waals surface area (Å²) in [6.07, 6.45) is 36.8. The smallest absolute Gasteiger partial charge is 0.0102 e. The predicted octanol–water partition coefficient (Wildman–Crippen LogP) is 9.95. The molecule has 35 heavy (non-hydrogen) atoms. The first-order chi connectivity index (χ1) is 17.2. The maximum Gasteiger partial charge on any atom is 0.0102 e. The van der Waals surface area contributed by atoms with E-state index in [1.165, 1.54) is 122 Å². The molecular weight excluding hydrogens is 422 g/mol. The van der Waals surface area contributed by atoms with Crippen molar-refractivity contribution in [3.63, 3.8) is 0 Å². The fraction of sp³-hybridized carbons (Fsp3) is 0.941. The van der Waals surface area contributed by atoms with Crippen molar-refractivity contribution in [1.29, 1.82) is 0 Å². The molecule has 1 heteroatoms. The van der Waals surface area contributed by atoms with Gasteiger partial charge in [-0.2, -0.15) is 0 Å². The third-order valence-corrected chi connectivity index (χ3v) is 11.8. The molecule has 0 heterocycles. The van der Waals surface area contributed by atoms with Crippen molar-refractivity contribution in [3.8, 4) is 0 Å².